The van der Waals surface area contributed by atoms with E-state index in [1.165, 1.54) is 5.56 Å². The first kappa shape index (κ1) is 14.7. The zero-order valence-corrected chi connectivity index (χ0v) is 13.4. The second-order valence-corrected chi connectivity index (χ2v) is 7.48. The van der Waals surface area contributed by atoms with E-state index in [0.29, 0.717) is 5.75 Å². The molecule has 0 spiro atoms. The summed E-state index contributed by atoms with van der Waals surface area (Å²) in [5, 5.41) is 10.7. The van der Waals surface area contributed by atoms with E-state index in [4.69, 9.17) is 0 Å². The van der Waals surface area contributed by atoms with Crippen LogP contribution in [0.4, 0.5) is 0 Å². The topological polar surface area (TPSA) is 25.2 Å². The van der Waals surface area contributed by atoms with E-state index in [0.717, 1.165) is 11.3 Å². The van der Waals surface area contributed by atoms with E-state index in [1.54, 1.807) is 0 Å². The molecular formula is C18H25NO. The maximum atomic E-state index is 10.7. The fraction of sp³-hybridized carbons (Fsp3) is 0.444. The number of rotatable bonds is 1. The second kappa shape index (κ2) is 4.69. The lowest BCUT2D eigenvalue weighted by Crippen LogP contribution is -2.17. The third-order valence-electron chi connectivity index (χ3n) is 3.65. The van der Waals surface area contributed by atoms with Gasteiger partial charge in [-0.3, -0.25) is 0 Å². The van der Waals surface area contributed by atoms with E-state index in [1.807, 2.05) is 29.1 Å². The minimum absolute atomic E-state index is 0.0512. The highest BCUT2D eigenvalue weighted by Gasteiger charge is 2.25. The molecule has 20 heavy (non-hydrogen) atoms. The van der Waals surface area contributed by atoms with Crippen molar-refractivity contribution in [3.05, 3.63) is 47.8 Å². The third kappa shape index (κ3) is 2.74. The molecule has 0 fully saturated rings. The Labute approximate surface area is 122 Å². The Hall–Kier alpha value is -1.70. The zero-order valence-electron chi connectivity index (χ0n) is 13.4. The average Bonchev–Trinajstić information content (AvgIpc) is 2.79. The van der Waals surface area contributed by atoms with Crippen LogP contribution in [0.1, 0.15) is 52.7 Å². The van der Waals surface area contributed by atoms with E-state index in [-0.39, 0.29) is 10.8 Å². The van der Waals surface area contributed by atoms with Crippen LogP contribution in [0.5, 0.6) is 5.75 Å². The number of nitrogens with zero attached hydrogens (tertiary/aromatic N) is 1. The molecule has 0 bridgehead atoms. The number of aromatic nitrogens is 1. The highest BCUT2D eigenvalue weighted by Crippen LogP contribution is 2.39. The van der Waals surface area contributed by atoms with Gasteiger partial charge in [-0.25, -0.2) is 0 Å². The van der Waals surface area contributed by atoms with Crippen LogP contribution in [0.3, 0.4) is 0 Å². The summed E-state index contributed by atoms with van der Waals surface area (Å²) in [5.41, 5.74) is 3.05. The molecule has 0 unspecified atom stereocenters. The van der Waals surface area contributed by atoms with Gasteiger partial charge in [-0.1, -0.05) is 47.6 Å². The molecule has 0 saturated heterocycles. The van der Waals surface area contributed by atoms with Gasteiger partial charge < -0.3 is 9.67 Å². The maximum absolute atomic E-state index is 10.7. The lowest BCUT2D eigenvalue weighted by atomic mass is 9.79. The van der Waals surface area contributed by atoms with Crippen molar-refractivity contribution >= 4 is 0 Å². The fourth-order valence-corrected chi connectivity index (χ4v) is 2.32. The van der Waals surface area contributed by atoms with Crippen molar-refractivity contribution in [2.45, 2.75) is 52.4 Å². The number of hydrogen-bond acceptors (Lipinski definition) is 1. The number of aromatic hydroxyl groups is 1. The van der Waals surface area contributed by atoms with Gasteiger partial charge in [-0.2, -0.15) is 0 Å². The first-order valence-corrected chi connectivity index (χ1v) is 7.12. The van der Waals surface area contributed by atoms with Crippen LogP contribution in [-0.4, -0.2) is 9.67 Å². The summed E-state index contributed by atoms with van der Waals surface area (Å²) in [6.07, 6.45) is 3.93. The van der Waals surface area contributed by atoms with E-state index in [2.05, 4.69) is 53.7 Å². The largest absolute Gasteiger partial charge is 0.505 e. The first-order chi connectivity index (χ1) is 9.10. The summed E-state index contributed by atoms with van der Waals surface area (Å²) < 4.78 is 1.97. The molecule has 2 nitrogen and oxygen atoms in total. The molecule has 2 rings (SSSR count). The standard InChI is InChI=1S/C18H25NO/c1-17(2,3)13-11-14(18(4,5)6)16(20)15(12-13)19-9-7-8-10-19/h7-12,20H,1-6H3. The molecule has 0 atom stereocenters. The third-order valence-corrected chi connectivity index (χ3v) is 3.65. The van der Waals surface area contributed by atoms with Gasteiger partial charge in [0.05, 0.1) is 5.69 Å². The van der Waals surface area contributed by atoms with Gasteiger partial charge in [-0.05, 0) is 34.6 Å². The molecular weight excluding hydrogens is 246 g/mol. The molecule has 0 aliphatic heterocycles. The molecule has 1 aromatic heterocycles. The normalized spacial score (nSPS) is 12.7. The molecule has 2 aromatic rings. The van der Waals surface area contributed by atoms with Crippen molar-refractivity contribution in [3.63, 3.8) is 0 Å². The monoisotopic (exact) mass is 271 g/mol. The van der Waals surface area contributed by atoms with E-state index >= 15 is 0 Å². The van der Waals surface area contributed by atoms with Crippen molar-refractivity contribution in [2.24, 2.45) is 0 Å². The molecule has 0 aliphatic carbocycles. The predicted molar refractivity (Wildman–Crippen MR) is 84.8 cm³/mol. The van der Waals surface area contributed by atoms with Crippen LogP contribution >= 0.6 is 0 Å². The lowest BCUT2D eigenvalue weighted by molar-refractivity contribution is 0.442. The lowest BCUT2D eigenvalue weighted by Gasteiger charge is -2.27. The van der Waals surface area contributed by atoms with Gasteiger partial charge >= 0.3 is 0 Å². The smallest absolute Gasteiger partial charge is 0.143 e. The van der Waals surface area contributed by atoms with Gasteiger partial charge in [0, 0.05) is 18.0 Å². The SMILES string of the molecule is CC(C)(C)c1cc(-n2cccc2)c(O)c(C(C)(C)C)c1. The minimum Gasteiger partial charge on any atom is -0.505 e. The Balaban J connectivity index is 2.75. The van der Waals surface area contributed by atoms with Crippen molar-refractivity contribution < 1.29 is 5.11 Å². The first-order valence-electron chi connectivity index (χ1n) is 7.12. The Morgan fingerprint density at radius 1 is 0.850 bits per heavy atom. The predicted octanol–water partition coefficient (Wildman–Crippen LogP) is 4.78. The Morgan fingerprint density at radius 3 is 1.85 bits per heavy atom. The van der Waals surface area contributed by atoms with Gasteiger partial charge in [0.2, 0.25) is 0 Å². The molecule has 0 amide bonds. The molecule has 1 aromatic carbocycles. The summed E-state index contributed by atoms with van der Waals surface area (Å²) in [7, 11) is 0. The number of phenols is 1. The highest BCUT2D eigenvalue weighted by atomic mass is 16.3. The van der Waals surface area contributed by atoms with E-state index < -0.39 is 0 Å². The van der Waals surface area contributed by atoms with Crippen molar-refractivity contribution in [1.29, 1.82) is 0 Å². The molecule has 1 heterocycles. The molecule has 0 aliphatic rings. The number of hydrogen-bond donors (Lipinski definition) is 1. The molecule has 0 saturated carbocycles. The van der Waals surface area contributed by atoms with Gasteiger partial charge in [0.1, 0.15) is 5.75 Å². The Bertz CT molecular complexity index is 596. The second-order valence-electron chi connectivity index (χ2n) is 7.48. The molecule has 2 heteroatoms. The van der Waals surface area contributed by atoms with Crippen LogP contribution in [0, 0.1) is 0 Å². The van der Waals surface area contributed by atoms with Gasteiger partial charge in [0.15, 0.2) is 0 Å². The van der Waals surface area contributed by atoms with Gasteiger partial charge in [-0.15, -0.1) is 0 Å². The Morgan fingerprint density at radius 2 is 1.40 bits per heavy atom. The average molecular weight is 271 g/mol. The summed E-state index contributed by atoms with van der Waals surface area (Å²) in [4.78, 5) is 0. The van der Waals surface area contributed by atoms with Crippen LogP contribution in [-0.2, 0) is 10.8 Å². The van der Waals surface area contributed by atoms with E-state index in [9.17, 15) is 5.11 Å². The quantitative estimate of drug-likeness (QED) is 0.793. The summed E-state index contributed by atoms with van der Waals surface area (Å²) in [6.45, 7) is 13.0. The van der Waals surface area contributed by atoms with Crippen LogP contribution in [0.2, 0.25) is 0 Å². The van der Waals surface area contributed by atoms with Crippen LogP contribution in [0.15, 0.2) is 36.7 Å². The summed E-state index contributed by atoms with van der Waals surface area (Å²) >= 11 is 0. The minimum atomic E-state index is -0.0900. The number of phenolic OH excluding ortho intramolecular Hbond substituents is 1. The number of benzene rings is 1. The van der Waals surface area contributed by atoms with Crippen LogP contribution in [0.25, 0.3) is 5.69 Å². The molecule has 108 valence electrons. The van der Waals surface area contributed by atoms with Crippen molar-refractivity contribution in [3.8, 4) is 11.4 Å². The fourth-order valence-electron chi connectivity index (χ4n) is 2.32. The van der Waals surface area contributed by atoms with Crippen LogP contribution < -0.4 is 0 Å². The Kier molecular flexibility index (Phi) is 3.45. The highest BCUT2D eigenvalue weighted by molar-refractivity contribution is 5.57. The molecule has 0 radical (unpaired) electrons. The van der Waals surface area contributed by atoms with Gasteiger partial charge in [0.25, 0.3) is 0 Å². The maximum Gasteiger partial charge on any atom is 0.143 e. The molecule has 1 N–H and O–H groups in total. The van der Waals surface area contributed by atoms with Crippen molar-refractivity contribution in [1.82, 2.24) is 4.57 Å². The zero-order chi connectivity index (χ0) is 15.1. The summed E-state index contributed by atoms with van der Waals surface area (Å²) in [6, 6.07) is 8.17. The summed E-state index contributed by atoms with van der Waals surface area (Å²) in [5.74, 6) is 0.377. The van der Waals surface area contributed by atoms with Crippen molar-refractivity contribution in [2.75, 3.05) is 0 Å².